The zero-order valence-electron chi connectivity index (χ0n) is 8.49. The van der Waals surface area contributed by atoms with E-state index in [1.54, 1.807) is 4.90 Å². The molecule has 0 saturated carbocycles. The number of amides is 1. The van der Waals surface area contributed by atoms with Gasteiger partial charge in [-0.15, -0.1) is 0 Å². The molecule has 0 N–H and O–H groups in total. The van der Waals surface area contributed by atoms with Gasteiger partial charge in [0.25, 0.3) is 0 Å². The van der Waals surface area contributed by atoms with Crippen molar-refractivity contribution in [1.29, 1.82) is 0 Å². The van der Waals surface area contributed by atoms with Gasteiger partial charge < -0.3 is 9.64 Å². The topological polar surface area (TPSA) is 36.0 Å². The van der Waals surface area contributed by atoms with E-state index in [-0.39, 0.29) is 6.09 Å². The molecule has 5 nitrogen and oxygen atoms in total. The van der Waals surface area contributed by atoms with Crippen LogP contribution in [0.3, 0.4) is 0 Å². The average Bonchev–Trinajstić information content (AvgIpc) is 2.17. The van der Waals surface area contributed by atoms with E-state index >= 15 is 0 Å². The van der Waals surface area contributed by atoms with Gasteiger partial charge in [0.15, 0.2) is 0 Å². The lowest BCUT2D eigenvalue weighted by atomic mass is 10.4. The summed E-state index contributed by atoms with van der Waals surface area (Å²) in [5.74, 6) is 0. The zero-order chi connectivity index (χ0) is 9.84. The van der Waals surface area contributed by atoms with Crippen LogP contribution in [0.4, 0.5) is 4.79 Å². The molecule has 0 aliphatic carbocycles. The molecule has 0 aromatic heterocycles. The van der Waals surface area contributed by atoms with Crippen LogP contribution < -0.4 is 0 Å². The van der Waals surface area contributed by atoms with Crippen molar-refractivity contribution < 1.29 is 9.53 Å². The van der Waals surface area contributed by atoms with Crippen LogP contribution in [-0.2, 0) is 4.74 Å². The fourth-order valence-corrected chi connectivity index (χ4v) is 1.41. The van der Waals surface area contributed by atoms with Crippen LogP contribution in [0.25, 0.3) is 0 Å². The standard InChI is InChI=1S/C8H17N3O2/c1-9(2)11-6-4-10(5-7-11)8(12)13-3/h4-7H2,1-3H3. The molecule has 0 spiro atoms. The second kappa shape index (κ2) is 4.43. The number of nitrogens with zero attached hydrogens (tertiary/aromatic N) is 3. The number of piperazine rings is 1. The summed E-state index contributed by atoms with van der Waals surface area (Å²) in [7, 11) is 5.43. The fourth-order valence-electron chi connectivity index (χ4n) is 1.41. The molecule has 5 heteroatoms. The Morgan fingerprint density at radius 1 is 1.23 bits per heavy atom. The van der Waals surface area contributed by atoms with Crippen LogP contribution in [0.5, 0.6) is 0 Å². The highest BCUT2D eigenvalue weighted by atomic mass is 16.5. The van der Waals surface area contributed by atoms with Crippen molar-refractivity contribution in [2.45, 2.75) is 0 Å². The number of rotatable bonds is 1. The van der Waals surface area contributed by atoms with Crippen molar-refractivity contribution >= 4 is 6.09 Å². The maximum atomic E-state index is 11.1. The highest BCUT2D eigenvalue weighted by Gasteiger charge is 2.21. The van der Waals surface area contributed by atoms with Gasteiger partial charge in [-0.2, -0.15) is 0 Å². The largest absolute Gasteiger partial charge is 0.453 e. The van der Waals surface area contributed by atoms with Gasteiger partial charge in [0.05, 0.1) is 7.11 Å². The van der Waals surface area contributed by atoms with E-state index in [9.17, 15) is 4.79 Å². The first-order valence-corrected chi connectivity index (χ1v) is 4.40. The minimum atomic E-state index is -0.224. The maximum absolute atomic E-state index is 11.1. The third kappa shape index (κ3) is 2.57. The van der Waals surface area contributed by atoms with E-state index in [4.69, 9.17) is 0 Å². The summed E-state index contributed by atoms with van der Waals surface area (Å²) in [5, 5.41) is 4.24. The van der Waals surface area contributed by atoms with Crippen LogP contribution in [0.1, 0.15) is 0 Å². The number of ether oxygens (including phenoxy) is 1. The van der Waals surface area contributed by atoms with Crippen molar-refractivity contribution in [2.75, 3.05) is 47.4 Å². The van der Waals surface area contributed by atoms with Crippen LogP contribution in [0, 0.1) is 0 Å². The Bertz CT molecular complexity index is 176. The third-order valence-corrected chi connectivity index (χ3v) is 2.25. The summed E-state index contributed by atoms with van der Waals surface area (Å²) in [6.45, 7) is 3.24. The van der Waals surface area contributed by atoms with Gasteiger partial charge in [0, 0.05) is 40.3 Å². The Morgan fingerprint density at radius 3 is 2.15 bits per heavy atom. The van der Waals surface area contributed by atoms with Gasteiger partial charge in [-0.3, -0.25) is 0 Å². The van der Waals surface area contributed by atoms with E-state index in [0.29, 0.717) is 0 Å². The van der Waals surface area contributed by atoms with Crippen molar-refractivity contribution in [1.82, 2.24) is 14.9 Å². The lowest BCUT2D eigenvalue weighted by Crippen LogP contribution is -2.52. The quantitative estimate of drug-likeness (QED) is 0.572. The van der Waals surface area contributed by atoms with Crippen molar-refractivity contribution in [3.05, 3.63) is 0 Å². The molecule has 76 valence electrons. The maximum Gasteiger partial charge on any atom is 0.409 e. The zero-order valence-corrected chi connectivity index (χ0v) is 8.49. The van der Waals surface area contributed by atoms with E-state index in [0.717, 1.165) is 26.2 Å². The first-order chi connectivity index (χ1) is 6.15. The molecular weight excluding hydrogens is 170 g/mol. The minimum Gasteiger partial charge on any atom is -0.453 e. The van der Waals surface area contributed by atoms with E-state index in [1.165, 1.54) is 7.11 Å². The van der Waals surface area contributed by atoms with Crippen LogP contribution in [-0.4, -0.2) is 68.4 Å². The summed E-state index contributed by atoms with van der Waals surface area (Å²) >= 11 is 0. The van der Waals surface area contributed by atoms with Crippen LogP contribution in [0.2, 0.25) is 0 Å². The molecule has 0 unspecified atom stereocenters. The number of hydrogen-bond donors (Lipinski definition) is 0. The molecule has 1 rings (SSSR count). The highest BCUT2D eigenvalue weighted by Crippen LogP contribution is 2.03. The number of hydrazine groups is 1. The molecule has 1 aliphatic heterocycles. The fraction of sp³-hybridized carbons (Fsp3) is 0.875. The van der Waals surface area contributed by atoms with Gasteiger partial charge in [-0.05, 0) is 0 Å². The highest BCUT2D eigenvalue weighted by molar-refractivity contribution is 5.67. The molecule has 0 aromatic carbocycles. The molecule has 1 amide bonds. The van der Waals surface area contributed by atoms with Crippen LogP contribution in [0.15, 0.2) is 0 Å². The first kappa shape index (κ1) is 10.3. The van der Waals surface area contributed by atoms with Crippen molar-refractivity contribution in [3.8, 4) is 0 Å². The second-order valence-corrected chi connectivity index (χ2v) is 3.26. The molecule has 1 heterocycles. The molecule has 0 radical (unpaired) electrons. The van der Waals surface area contributed by atoms with E-state index in [2.05, 4.69) is 14.8 Å². The van der Waals surface area contributed by atoms with E-state index in [1.807, 2.05) is 14.1 Å². The summed E-state index contributed by atoms with van der Waals surface area (Å²) in [4.78, 5) is 12.8. The Morgan fingerprint density at radius 2 is 1.77 bits per heavy atom. The summed E-state index contributed by atoms with van der Waals surface area (Å²) < 4.78 is 4.64. The predicted octanol–water partition coefficient (Wildman–Crippen LogP) is -0.153. The van der Waals surface area contributed by atoms with Gasteiger partial charge in [0.2, 0.25) is 0 Å². The Kier molecular flexibility index (Phi) is 3.50. The minimum absolute atomic E-state index is 0.224. The normalized spacial score (nSPS) is 19.2. The summed E-state index contributed by atoms with van der Waals surface area (Å²) in [6, 6.07) is 0. The first-order valence-electron chi connectivity index (χ1n) is 4.40. The number of carbonyl (C=O) groups excluding carboxylic acids is 1. The third-order valence-electron chi connectivity index (χ3n) is 2.25. The predicted molar refractivity (Wildman–Crippen MR) is 49.2 cm³/mol. The molecular formula is C8H17N3O2. The molecule has 0 bridgehead atoms. The van der Waals surface area contributed by atoms with Gasteiger partial charge >= 0.3 is 6.09 Å². The lowest BCUT2D eigenvalue weighted by molar-refractivity contribution is -0.0164. The smallest absolute Gasteiger partial charge is 0.409 e. The second-order valence-electron chi connectivity index (χ2n) is 3.26. The van der Waals surface area contributed by atoms with Gasteiger partial charge in [-0.1, -0.05) is 0 Å². The SMILES string of the molecule is COC(=O)N1CCN(N(C)C)CC1. The van der Waals surface area contributed by atoms with Gasteiger partial charge in [-0.25, -0.2) is 14.8 Å². The molecule has 1 fully saturated rings. The molecule has 0 aromatic rings. The molecule has 1 saturated heterocycles. The lowest BCUT2D eigenvalue weighted by Gasteiger charge is -2.37. The summed E-state index contributed by atoms with van der Waals surface area (Å²) in [5.41, 5.74) is 0. The number of carbonyl (C=O) groups is 1. The average molecular weight is 187 g/mol. The monoisotopic (exact) mass is 187 g/mol. The molecule has 1 aliphatic rings. The number of hydrogen-bond acceptors (Lipinski definition) is 4. The summed E-state index contributed by atoms with van der Waals surface area (Å²) in [6.07, 6.45) is -0.224. The Labute approximate surface area is 78.8 Å². The van der Waals surface area contributed by atoms with Crippen molar-refractivity contribution in [2.24, 2.45) is 0 Å². The van der Waals surface area contributed by atoms with Gasteiger partial charge in [0.1, 0.15) is 0 Å². The molecule has 0 atom stereocenters. The molecule has 13 heavy (non-hydrogen) atoms. The van der Waals surface area contributed by atoms with Crippen molar-refractivity contribution in [3.63, 3.8) is 0 Å². The number of methoxy groups -OCH3 is 1. The Balaban J connectivity index is 2.34. The van der Waals surface area contributed by atoms with E-state index < -0.39 is 0 Å². The Hall–Kier alpha value is -0.810. The van der Waals surface area contributed by atoms with Crippen LogP contribution >= 0.6 is 0 Å².